The van der Waals surface area contributed by atoms with Crippen LogP contribution in [0.5, 0.6) is 0 Å². The molecule has 1 aromatic carbocycles. The molecular formula is C12H15NO2. The van der Waals surface area contributed by atoms with Crippen molar-refractivity contribution >= 4 is 11.7 Å². The average Bonchev–Trinajstić information content (AvgIpc) is 2.13. The topological polar surface area (TPSA) is 40.5 Å². The van der Waals surface area contributed by atoms with Crippen LogP contribution < -0.4 is 4.90 Å². The zero-order valence-electron chi connectivity index (χ0n) is 9.03. The van der Waals surface area contributed by atoms with E-state index in [0.29, 0.717) is 5.56 Å². The van der Waals surface area contributed by atoms with Crippen LogP contribution in [0.2, 0.25) is 0 Å². The summed E-state index contributed by atoms with van der Waals surface area (Å²) in [4.78, 5) is 13.2. The lowest BCUT2D eigenvalue weighted by Gasteiger charge is -2.40. The van der Waals surface area contributed by atoms with E-state index >= 15 is 0 Å². The van der Waals surface area contributed by atoms with Crippen LogP contribution in [0.25, 0.3) is 0 Å². The number of nitrogens with zero attached hydrogens (tertiary/aromatic N) is 1. The first kappa shape index (κ1) is 10.0. The highest BCUT2D eigenvalue weighted by Gasteiger charge is 2.24. The minimum atomic E-state index is -0.845. The number of rotatable bonds is 2. The second-order valence-electron chi connectivity index (χ2n) is 4.27. The van der Waals surface area contributed by atoms with Crippen molar-refractivity contribution in [1.29, 1.82) is 0 Å². The largest absolute Gasteiger partial charge is 0.478 e. The van der Waals surface area contributed by atoms with Gasteiger partial charge in [0.15, 0.2) is 0 Å². The first-order chi connectivity index (χ1) is 7.09. The van der Waals surface area contributed by atoms with Gasteiger partial charge >= 0.3 is 5.97 Å². The molecule has 1 aliphatic heterocycles. The van der Waals surface area contributed by atoms with Crippen molar-refractivity contribution in [2.75, 3.05) is 18.0 Å². The van der Waals surface area contributed by atoms with Crippen LogP contribution in [0.15, 0.2) is 18.2 Å². The van der Waals surface area contributed by atoms with Crippen LogP contribution in [-0.2, 0) is 0 Å². The van der Waals surface area contributed by atoms with E-state index in [-0.39, 0.29) is 0 Å². The van der Waals surface area contributed by atoms with Crippen molar-refractivity contribution in [2.24, 2.45) is 5.92 Å². The summed E-state index contributed by atoms with van der Waals surface area (Å²) >= 11 is 0. The summed E-state index contributed by atoms with van der Waals surface area (Å²) in [5.41, 5.74) is 2.34. The normalized spacial score (nSPS) is 16.3. The molecule has 0 unspecified atom stereocenters. The minimum Gasteiger partial charge on any atom is -0.478 e. The molecule has 1 aliphatic rings. The predicted molar refractivity (Wildman–Crippen MR) is 59.5 cm³/mol. The van der Waals surface area contributed by atoms with Gasteiger partial charge in [0, 0.05) is 18.8 Å². The van der Waals surface area contributed by atoms with E-state index in [1.54, 1.807) is 6.07 Å². The lowest BCUT2D eigenvalue weighted by molar-refractivity contribution is 0.0696. The summed E-state index contributed by atoms with van der Waals surface area (Å²) < 4.78 is 0. The molecule has 1 fully saturated rings. The Bertz CT molecular complexity index is 395. The number of carbonyl (C=O) groups is 1. The van der Waals surface area contributed by atoms with Crippen molar-refractivity contribution in [2.45, 2.75) is 13.8 Å². The van der Waals surface area contributed by atoms with Crippen LogP contribution >= 0.6 is 0 Å². The molecule has 0 radical (unpaired) electrons. The van der Waals surface area contributed by atoms with Crippen LogP contribution in [0, 0.1) is 12.8 Å². The average molecular weight is 205 g/mol. The molecule has 15 heavy (non-hydrogen) atoms. The number of carboxylic acid groups (broad SMARTS) is 1. The van der Waals surface area contributed by atoms with E-state index in [1.165, 1.54) is 0 Å². The van der Waals surface area contributed by atoms with E-state index < -0.39 is 5.97 Å². The summed E-state index contributed by atoms with van der Waals surface area (Å²) in [6.45, 7) is 6.14. The van der Waals surface area contributed by atoms with Crippen molar-refractivity contribution < 1.29 is 9.90 Å². The summed E-state index contributed by atoms with van der Waals surface area (Å²) in [5.74, 6) is -0.124. The van der Waals surface area contributed by atoms with Crippen LogP contribution in [0.1, 0.15) is 22.8 Å². The molecular weight excluding hydrogens is 190 g/mol. The summed E-state index contributed by atoms with van der Waals surface area (Å²) in [7, 11) is 0. The summed E-state index contributed by atoms with van der Waals surface area (Å²) in [5, 5.41) is 9.00. The molecule has 0 spiro atoms. The molecule has 0 aromatic heterocycles. The number of hydrogen-bond donors (Lipinski definition) is 1. The van der Waals surface area contributed by atoms with Crippen molar-refractivity contribution in [3.05, 3.63) is 29.3 Å². The Morgan fingerprint density at radius 3 is 2.67 bits per heavy atom. The standard InChI is InChI=1S/C12H15NO2/c1-8-6-13(7-8)11-5-3-4-10(9(11)2)12(14)15/h3-5,8H,6-7H2,1-2H3,(H,14,15). The number of aromatic carboxylic acids is 1. The maximum absolute atomic E-state index is 10.9. The van der Waals surface area contributed by atoms with Gasteiger partial charge in [0.2, 0.25) is 0 Å². The van der Waals surface area contributed by atoms with Crippen molar-refractivity contribution in [3.63, 3.8) is 0 Å². The molecule has 0 atom stereocenters. The predicted octanol–water partition coefficient (Wildman–Crippen LogP) is 2.15. The molecule has 1 heterocycles. The number of anilines is 1. The zero-order chi connectivity index (χ0) is 11.0. The van der Waals surface area contributed by atoms with Crippen LogP contribution in [-0.4, -0.2) is 24.2 Å². The maximum atomic E-state index is 10.9. The van der Waals surface area contributed by atoms with Gasteiger partial charge in [-0.2, -0.15) is 0 Å². The molecule has 1 N–H and O–H groups in total. The Labute approximate surface area is 89.3 Å². The minimum absolute atomic E-state index is 0.409. The fourth-order valence-corrected chi connectivity index (χ4v) is 2.09. The molecule has 3 heteroatoms. The smallest absolute Gasteiger partial charge is 0.336 e. The van der Waals surface area contributed by atoms with E-state index in [9.17, 15) is 4.79 Å². The van der Waals surface area contributed by atoms with Crippen molar-refractivity contribution in [3.8, 4) is 0 Å². The van der Waals surface area contributed by atoms with Gasteiger partial charge in [0.25, 0.3) is 0 Å². The quantitative estimate of drug-likeness (QED) is 0.804. The van der Waals surface area contributed by atoms with Gasteiger partial charge in [0.05, 0.1) is 5.56 Å². The van der Waals surface area contributed by atoms with Crippen LogP contribution in [0.3, 0.4) is 0 Å². The Balaban J connectivity index is 2.32. The fourth-order valence-electron chi connectivity index (χ4n) is 2.09. The maximum Gasteiger partial charge on any atom is 0.336 e. The van der Waals surface area contributed by atoms with Gasteiger partial charge in [-0.1, -0.05) is 13.0 Å². The van der Waals surface area contributed by atoms with Gasteiger partial charge in [-0.25, -0.2) is 4.79 Å². The Morgan fingerprint density at radius 2 is 2.13 bits per heavy atom. The van der Waals surface area contributed by atoms with E-state index in [2.05, 4.69) is 11.8 Å². The number of carboxylic acids is 1. The van der Waals surface area contributed by atoms with Crippen LogP contribution in [0.4, 0.5) is 5.69 Å². The first-order valence-electron chi connectivity index (χ1n) is 5.17. The molecule has 0 bridgehead atoms. The summed E-state index contributed by atoms with van der Waals surface area (Å²) in [6, 6.07) is 5.47. The highest BCUT2D eigenvalue weighted by atomic mass is 16.4. The van der Waals surface area contributed by atoms with Gasteiger partial charge in [0.1, 0.15) is 0 Å². The first-order valence-corrected chi connectivity index (χ1v) is 5.17. The Kier molecular flexibility index (Phi) is 2.39. The zero-order valence-corrected chi connectivity index (χ0v) is 9.03. The second kappa shape index (κ2) is 3.57. The summed E-state index contributed by atoms with van der Waals surface area (Å²) in [6.07, 6.45) is 0. The lowest BCUT2D eigenvalue weighted by atomic mass is 9.98. The van der Waals surface area contributed by atoms with E-state index in [0.717, 1.165) is 30.3 Å². The molecule has 2 rings (SSSR count). The monoisotopic (exact) mass is 205 g/mol. The fraction of sp³-hybridized carbons (Fsp3) is 0.417. The van der Waals surface area contributed by atoms with Gasteiger partial charge in [-0.15, -0.1) is 0 Å². The molecule has 1 saturated heterocycles. The number of hydrogen-bond acceptors (Lipinski definition) is 2. The second-order valence-corrected chi connectivity index (χ2v) is 4.27. The van der Waals surface area contributed by atoms with Crippen molar-refractivity contribution in [1.82, 2.24) is 0 Å². The van der Waals surface area contributed by atoms with E-state index in [4.69, 9.17) is 5.11 Å². The third-order valence-corrected chi connectivity index (χ3v) is 2.94. The number of benzene rings is 1. The Hall–Kier alpha value is -1.51. The van der Waals surface area contributed by atoms with Gasteiger partial charge in [-0.3, -0.25) is 0 Å². The molecule has 80 valence electrons. The SMILES string of the molecule is Cc1c(C(=O)O)cccc1N1CC(C)C1. The lowest BCUT2D eigenvalue weighted by Crippen LogP contribution is -2.45. The van der Waals surface area contributed by atoms with Gasteiger partial charge in [-0.05, 0) is 30.5 Å². The highest BCUT2D eigenvalue weighted by molar-refractivity contribution is 5.91. The molecule has 3 nitrogen and oxygen atoms in total. The third kappa shape index (κ3) is 1.69. The molecule has 0 aliphatic carbocycles. The molecule has 0 amide bonds. The molecule has 0 saturated carbocycles. The van der Waals surface area contributed by atoms with E-state index in [1.807, 2.05) is 19.1 Å². The third-order valence-electron chi connectivity index (χ3n) is 2.94. The molecule has 1 aromatic rings. The van der Waals surface area contributed by atoms with Gasteiger partial charge < -0.3 is 10.0 Å². The Morgan fingerprint density at radius 1 is 1.47 bits per heavy atom. The highest BCUT2D eigenvalue weighted by Crippen LogP contribution is 2.29.